The lowest BCUT2D eigenvalue weighted by atomic mass is 10.0. The van der Waals surface area contributed by atoms with Crippen molar-refractivity contribution in [3.8, 4) is 0 Å². The third-order valence-electron chi connectivity index (χ3n) is 6.70. The van der Waals surface area contributed by atoms with Gasteiger partial charge < -0.3 is 30.9 Å². The zero-order valence-electron chi connectivity index (χ0n) is 23.0. The Kier molecular flexibility index (Phi) is 8.98. The molecule has 2 amide bonds. The van der Waals surface area contributed by atoms with Crippen LogP contribution in [0.4, 0.5) is 5.13 Å². The molecule has 3 aromatic rings. The van der Waals surface area contributed by atoms with Crippen LogP contribution in [-0.4, -0.2) is 89.3 Å². The van der Waals surface area contributed by atoms with Crippen molar-refractivity contribution in [1.82, 2.24) is 34.4 Å². The molecule has 42 heavy (non-hydrogen) atoms. The average molecular weight is 616 g/mol. The first-order valence-electron chi connectivity index (χ1n) is 13.4. The molecule has 5 N–H and O–H groups in total. The lowest BCUT2D eigenvalue weighted by Crippen LogP contribution is -2.71. The van der Waals surface area contributed by atoms with Gasteiger partial charge in [0.1, 0.15) is 35.8 Å². The summed E-state index contributed by atoms with van der Waals surface area (Å²) in [4.78, 5) is 53.6. The second kappa shape index (κ2) is 12.8. The van der Waals surface area contributed by atoms with Crippen LogP contribution in [0.25, 0.3) is 11.2 Å². The fourth-order valence-corrected chi connectivity index (χ4v) is 6.57. The van der Waals surface area contributed by atoms with Crippen molar-refractivity contribution < 1.29 is 28.9 Å². The number of nitrogens with one attached hydrogen (secondary N) is 2. The Morgan fingerprint density at radius 2 is 2.19 bits per heavy atom. The Morgan fingerprint density at radius 1 is 1.36 bits per heavy atom. The quantitative estimate of drug-likeness (QED) is 0.0661. The third kappa shape index (κ3) is 5.79. The number of carbonyl (C=O) groups excluding carboxylic acids is 2. The molecule has 0 aromatic carbocycles. The SMILES string of the molecule is CCNCCCn1cnc2c1ccc[n+]2CC1=C(C(=O)O)N2C(=O)C(NC(=O)/C(=N/OCC)c3nsc(N)n3)C2SC1. The number of carbonyl (C=O) groups is 3. The van der Waals surface area contributed by atoms with Crippen LogP contribution >= 0.6 is 23.3 Å². The van der Waals surface area contributed by atoms with Crippen molar-refractivity contribution in [2.45, 2.75) is 44.8 Å². The van der Waals surface area contributed by atoms with E-state index in [2.05, 4.69) is 41.6 Å². The molecule has 0 aliphatic carbocycles. The summed E-state index contributed by atoms with van der Waals surface area (Å²) in [6.07, 6.45) is 4.58. The summed E-state index contributed by atoms with van der Waals surface area (Å²) in [6.45, 7) is 6.82. The van der Waals surface area contributed by atoms with Gasteiger partial charge in [-0.3, -0.25) is 14.5 Å². The summed E-state index contributed by atoms with van der Waals surface area (Å²) in [5.74, 6) is -2.15. The summed E-state index contributed by atoms with van der Waals surface area (Å²) in [6, 6.07) is 2.92. The van der Waals surface area contributed by atoms with E-state index in [1.54, 1.807) is 13.3 Å². The number of β-lactam (4-membered cyclic amide) rings is 1. The number of amides is 2. The molecule has 2 atom stereocenters. The van der Waals surface area contributed by atoms with Crippen LogP contribution in [0.15, 0.2) is 41.1 Å². The van der Waals surface area contributed by atoms with Gasteiger partial charge in [0.2, 0.25) is 17.9 Å². The molecular formula is C25H31N10O5S2+. The highest BCUT2D eigenvalue weighted by Gasteiger charge is 2.54. The Labute approximate surface area is 249 Å². The van der Waals surface area contributed by atoms with Crippen LogP contribution in [-0.2, 0) is 32.3 Å². The van der Waals surface area contributed by atoms with Gasteiger partial charge >= 0.3 is 11.6 Å². The highest BCUT2D eigenvalue weighted by atomic mass is 32.2. The van der Waals surface area contributed by atoms with E-state index in [0.717, 1.165) is 48.8 Å². The van der Waals surface area contributed by atoms with Gasteiger partial charge in [0, 0.05) is 29.4 Å². The van der Waals surface area contributed by atoms with Crippen LogP contribution in [0, 0.1) is 0 Å². The maximum atomic E-state index is 13.2. The topological polar surface area (TPSA) is 194 Å². The molecule has 0 bridgehead atoms. The molecule has 3 aromatic heterocycles. The number of carboxylic acids is 1. The van der Waals surface area contributed by atoms with Gasteiger partial charge in [0.15, 0.2) is 5.13 Å². The number of hydrogen-bond acceptors (Lipinski definition) is 12. The number of aliphatic carboxylic acids is 1. The monoisotopic (exact) mass is 615 g/mol. The lowest BCUT2D eigenvalue weighted by Gasteiger charge is -2.49. The minimum atomic E-state index is -1.21. The van der Waals surface area contributed by atoms with Crippen molar-refractivity contribution >= 4 is 63.1 Å². The van der Waals surface area contributed by atoms with E-state index in [0.29, 0.717) is 11.3 Å². The van der Waals surface area contributed by atoms with Gasteiger partial charge in [-0.1, -0.05) is 12.1 Å². The second-order valence-corrected chi connectivity index (χ2v) is 11.3. The molecule has 5 heterocycles. The second-order valence-electron chi connectivity index (χ2n) is 9.42. The van der Waals surface area contributed by atoms with E-state index in [1.807, 2.05) is 22.9 Å². The largest absolute Gasteiger partial charge is 0.477 e. The summed E-state index contributed by atoms with van der Waals surface area (Å²) in [5.41, 5.74) is 7.58. The maximum Gasteiger partial charge on any atom is 0.352 e. The number of aryl methyl sites for hydroxylation is 1. The number of nitrogens with two attached hydrogens (primary N) is 1. The molecule has 5 rings (SSSR count). The number of thioether (sulfide) groups is 1. The summed E-state index contributed by atoms with van der Waals surface area (Å²) in [5, 5.41) is 19.4. The van der Waals surface area contributed by atoms with E-state index in [1.165, 1.54) is 16.7 Å². The van der Waals surface area contributed by atoms with Crippen molar-refractivity contribution in [2.24, 2.45) is 5.16 Å². The summed E-state index contributed by atoms with van der Waals surface area (Å²) < 4.78 is 7.97. The predicted molar refractivity (Wildman–Crippen MR) is 155 cm³/mol. The molecule has 0 spiro atoms. The van der Waals surface area contributed by atoms with Gasteiger partial charge in [-0.15, -0.1) is 11.8 Å². The molecule has 0 radical (unpaired) electrons. The third-order valence-corrected chi connectivity index (χ3v) is 8.59. The maximum absolute atomic E-state index is 13.2. The van der Waals surface area contributed by atoms with Gasteiger partial charge in [-0.2, -0.15) is 9.36 Å². The van der Waals surface area contributed by atoms with Crippen molar-refractivity contribution in [3.05, 3.63) is 41.8 Å². The van der Waals surface area contributed by atoms with Crippen LogP contribution in [0.2, 0.25) is 0 Å². The molecule has 17 heteroatoms. The Hall–Kier alpha value is -4.09. The number of aromatic nitrogens is 5. The number of carboxylic acid groups (broad SMARTS) is 1. The number of oxime groups is 1. The smallest absolute Gasteiger partial charge is 0.352 e. The first-order chi connectivity index (χ1) is 20.3. The molecule has 222 valence electrons. The normalized spacial score (nSPS) is 18.7. The number of imidazole rings is 1. The number of hydrogen-bond donors (Lipinski definition) is 4. The van der Waals surface area contributed by atoms with Crippen LogP contribution < -0.4 is 20.9 Å². The minimum absolute atomic E-state index is 0.0250. The molecule has 2 aliphatic rings. The van der Waals surface area contributed by atoms with E-state index >= 15 is 0 Å². The van der Waals surface area contributed by atoms with Gasteiger partial charge in [0.25, 0.3) is 11.8 Å². The number of fused-ring (bicyclic) bond motifs is 2. The molecule has 15 nitrogen and oxygen atoms in total. The van der Waals surface area contributed by atoms with Gasteiger partial charge in [-0.25, -0.2) is 9.36 Å². The van der Waals surface area contributed by atoms with E-state index in [4.69, 9.17) is 10.6 Å². The highest BCUT2D eigenvalue weighted by Crippen LogP contribution is 2.40. The van der Waals surface area contributed by atoms with Gasteiger partial charge in [-0.05, 0) is 43.6 Å². The Morgan fingerprint density at radius 3 is 2.90 bits per heavy atom. The summed E-state index contributed by atoms with van der Waals surface area (Å²) in [7, 11) is 0. The van der Waals surface area contributed by atoms with Crippen LogP contribution in [0.3, 0.4) is 0 Å². The number of anilines is 1. The highest BCUT2D eigenvalue weighted by molar-refractivity contribution is 8.00. The molecule has 2 unspecified atom stereocenters. The summed E-state index contributed by atoms with van der Waals surface area (Å²) >= 11 is 2.27. The molecule has 0 saturated carbocycles. The fraction of sp³-hybridized carbons (Fsp3) is 0.440. The van der Waals surface area contributed by atoms with E-state index in [-0.39, 0.29) is 35.5 Å². The predicted octanol–water partition coefficient (Wildman–Crippen LogP) is -0.0635. The zero-order chi connectivity index (χ0) is 29.8. The number of pyridine rings is 1. The molecular weight excluding hydrogens is 584 g/mol. The number of rotatable bonds is 13. The minimum Gasteiger partial charge on any atom is -0.477 e. The van der Waals surface area contributed by atoms with E-state index < -0.39 is 29.2 Å². The molecule has 1 saturated heterocycles. The average Bonchev–Trinajstić information content (AvgIpc) is 3.60. The number of nitrogen functional groups attached to an aromatic ring is 1. The van der Waals surface area contributed by atoms with Crippen molar-refractivity contribution in [2.75, 3.05) is 31.2 Å². The van der Waals surface area contributed by atoms with Crippen molar-refractivity contribution in [3.63, 3.8) is 0 Å². The first kappa shape index (κ1) is 29.4. The lowest BCUT2D eigenvalue weighted by molar-refractivity contribution is -0.664. The first-order valence-corrected chi connectivity index (χ1v) is 15.2. The molecule has 1 fully saturated rings. The van der Waals surface area contributed by atoms with Crippen molar-refractivity contribution in [1.29, 1.82) is 0 Å². The standard InChI is InChI=1S/C25H30N10O5S2/c1-3-27-8-6-10-34-13-28-20-15(34)7-5-9-33(20)11-14-12-41-23-17(22(37)35(23)18(14)24(38)39)29-21(36)16(31-40-4-2)19-30-25(26)42-32-19/h5,7,9,13,17,23,27H,3-4,6,8,10-12H2,1-2H3,(H3-,26,29,30,32,36,38,39)/p+1/b31-16+. The van der Waals surface area contributed by atoms with Gasteiger partial charge in [0.05, 0.1) is 6.20 Å². The van der Waals surface area contributed by atoms with E-state index in [9.17, 15) is 19.5 Å². The Balaban J connectivity index is 1.34. The van der Waals surface area contributed by atoms with Crippen LogP contribution in [0.1, 0.15) is 26.1 Å². The van der Waals surface area contributed by atoms with Crippen LogP contribution in [0.5, 0.6) is 0 Å². The zero-order valence-corrected chi connectivity index (χ0v) is 24.7. The number of nitrogens with zero attached hydrogens (tertiary/aromatic N) is 7. The fourth-order valence-electron chi connectivity index (χ4n) is 4.80. The Bertz CT molecular complexity index is 1570. The molecule has 2 aliphatic heterocycles.